The molecule has 0 radical (unpaired) electrons. The predicted molar refractivity (Wildman–Crippen MR) is 51.6 cm³/mol. The molecule has 2 heteroatoms. The van der Waals surface area contributed by atoms with Crippen molar-refractivity contribution in [2.24, 2.45) is 0 Å². The SMILES string of the molecule is CC1(C)C[C@]2(CCCCC[C@H]2O)O1. The Morgan fingerprint density at radius 3 is 2.54 bits per heavy atom. The van der Waals surface area contributed by atoms with Crippen molar-refractivity contribution in [2.75, 3.05) is 0 Å². The van der Waals surface area contributed by atoms with Gasteiger partial charge in [-0.05, 0) is 26.7 Å². The quantitative estimate of drug-likeness (QED) is 0.625. The molecule has 13 heavy (non-hydrogen) atoms. The zero-order valence-corrected chi connectivity index (χ0v) is 8.68. The normalized spacial score (nSPS) is 44.1. The molecular weight excluding hydrogens is 164 g/mol. The zero-order valence-electron chi connectivity index (χ0n) is 8.68. The van der Waals surface area contributed by atoms with Gasteiger partial charge >= 0.3 is 0 Å². The van der Waals surface area contributed by atoms with E-state index in [1.54, 1.807) is 0 Å². The first kappa shape index (κ1) is 9.47. The molecule has 1 aliphatic carbocycles. The molecule has 2 fully saturated rings. The molecule has 0 bridgehead atoms. The number of rotatable bonds is 0. The first-order valence-electron chi connectivity index (χ1n) is 5.42. The van der Waals surface area contributed by atoms with Crippen molar-refractivity contribution in [1.82, 2.24) is 0 Å². The maximum absolute atomic E-state index is 9.97. The molecule has 1 aliphatic heterocycles. The maximum atomic E-state index is 9.97. The smallest absolute Gasteiger partial charge is 0.0974 e. The molecule has 1 N–H and O–H groups in total. The third kappa shape index (κ3) is 1.62. The lowest BCUT2D eigenvalue weighted by Gasteiger charge is -2.55. The van der Waals surface area contributed by atoms with Crippen molar-refractivity contribution < 1.29 is 9.84 Å². The standard InChI is InChI=1S/C11H20O2/c1-10(2)8-11(13-10)7-5-3-4-6-9(11)12/h9,12H,3-8H2,1-2H3/t9-,11+/m1/s1. The predicted octanol–water partition coefficient (Wildman–Crippen LogP) is 2.25. The van der Waals surface area contributed by atoms with Gasteiger partial charge in [0.25, 0.3) is 0 Å². The molecule has 0 aromatic rings. The van der Waals surface area contributed by atoms with Crippen LogP contribution in [0.4, 0.5) is 0 Å². The lowest BCUT2D eigenvalue weighted by molar-refractivity contribution is -0.294. The van der Waals surface area contributed by atoms with Gasteiger partial charge in [0.2, 0.25) is 0 Å². The van der Waals surface area contributed by atoms with Gasteiger partial charge in [-0.15, -0.1) is 0 Å². The van der Waals surface area contributed by atoms with Crippen LogP contribution >= 0.6 is 0 Å². The van der Waals surface area contributed by atoms with Crippen molar-refractivity contribution in [1.29, 1.82) is 0 Å². The summed E-state index contributed by atoms with van der Waals surface area (Å²) in [6.45, 7) is 4.21. The molecule has 1 saturated carbocycles. The van der Waals surface area contributed by atoms with E-state index in [0.29, 0.717) is 0 Å². The number of hydrogen-bond donors (Lipinski definition) is 1. The molecule has 76 valence electrons. The Morgan fingerprint density at radius 1 is 1.23 bits per heavy atom. The molecular formula is C11H20O2. The van der Waals surface area contributed by atoms with Gasteiger partial charge in [0.1, 0.15) is 0 Å². The van der Waals surface area contributed by atoms with E-state index in [0.717, 1.165) is 25.7 Å². The average molecular weight is 184 g/mol. The van der Waals surface area contributed by atoms with Gasteiger partial charge in [-0.2, -0.15) is 0 Å². The van der Waals surface area contributed by atoms with E-state index in [9.17, 15) is 5.11 Å². The van der Waals surface area contributed by atoms with E-state index >= 15 is 0 Å². The Morgan fingerprint density at radius 2 is 1.92 bits per heavy atom. The third-order valence-corrected chi connectivity index (χ3v) is 3.39. The molecule has 2 atom stereocenters. The molecule has 2 rings (SSSR count). The zero-order chi connectivity index (χ0) is 9.53. The fraction of sp³-hybridized carbons (Fsp3) is 1.00. The first-order chi connectivity index (χ1) is 6.04. The van der Waals surface area contributed by atoms with Crippen molar-refractivity contribution in [2.45, 2.75) is 69.7 Å². The number of ether oxygens (including phenoxy) is 1. The monoisotopic (exact) mass is 184 g/mol. The highest BCUT2D eigenvalue weighted by molar-refractivity contribution is 5.04. The maximum Gasteiger partial charge on any atom is 0.0974 e. The molecule has 0 unspecified atom stereocenters. The summed E-state index contributed by atoms with van der Waals surface area (Å²) in [5.74, 6) is 0. The summed E-state index contributed by atoms with van der Waals surface area (Å²) >= 11 is 0. The summed E-state index contributed by atoms with van der Waals surface area (Å²) in [5.41, 5.74) is -0.161. The van der Waals surface area contributed by atoms with E-state index < -0.39 is 0 Å². The fourth-order valence-corrected chi connectivity index (χ4v) is 2.96. The summed E-state index contributed by atoms with van der Waals surface area (Å²) in [4.78, 5) is 0. The van der Waals surface area contributed by atoms with Crippen molar-refractivity contribution in [3.05, 3.63) is 0 Å². The fourth-order valence-electron chi connectivity index (χ4n) is 2.96. The number of aliphatic hydroxyl groups excluding tert-OH is 1. The van der Waals surface area contributed by atoms with Gasteiger partial charge in [-0.3, -0.25) is 0 Å². The summed E-state index contributed by atoms with van der Waals surface area (Å²) in [6, 6.07) is 0. The van der Waals surface area contributed by atoms with Crippen LogP contribution in [0.3, 0.4) is 0 Å². The van der Waals surface area contributed by atoms with Crippen LogP contribution in [0.1, 0.15) is 52.4 Å². The second kappa shape index (κ2) is 2.96. The van der Waals surface area contributed by atoms with Crippen LogP contribution in [0.5, 0.6) is 0 Å². The van der Waals surface area contributed by atoms with E-state index in [1.807, 2.05) is 0 Å². The second-order valence-electron chi connectivity index (χ2n) is 5.22. The van der Waals surface area contributed by atoms with Crippen LogP contribution in [0.2, 0.25) is 0 Å². The van der Waals surface area contributed by atoms with Crippen LogP contribution in [-0.4, -0.2) is 22.4 Å². The minimum atomic E-state index is -0.219. The Labute approximate surface area is 80.3 Å². The lowest BCUT2D eigenvalue weighted by atomic mass is 9.75. The molecule has 1 saturated heterocycles. The molecule has 1 spiro atoms. The van der Waals surface area contributed by atoms with E-state index in [2.05, 4.69) is 13.8 Å². The van der Waals surface area contributed by atoms with Crippen LogP contribution in [0.15, 0.2) is 0 Å². The van der Waals surface area contributed by atoms with Gasteiger partial charge in [0, 0.05) is 6.42 Å². The minimum absolute atomic E-state index is 0.00528. The summed E-state index contributed by atoms with van der Waals surface area (Å²) in [6.07, 6.45) is 6.42. The largest absolute Gasteiger partial charge is 0.390 e. The van der Waals surface area contributed by atoms with Gasteiger partial charge in [0.05, 0.1) is 17.3 Å². The molecule has 0 aromatic carbocycles. The number of hydrogen-bond acceptors (Lipinski definition) is 2. The number of aliphatic hydroxyl groups is 1. The average Bonchev–Trinajstić information content (AvgIpc) is 2.13. The Kier molecular flexibility index (Phi) is 2.16. The second-order valence-corrected chi connectivity index (χ2v) is 5.22. The van der Waals surface area contributed by atoms with E-state index in [1.165, 1.54) is 12.8 Å². The summed E-state index contributed by atoms with van der Waals surface area (Å²) in [5, 5.41) is 9.97. The molecule has 0 aromatic heterocycles. The van der Waals surface area contributed by atoms with E-state index in [4.69, 9.17) is 4.74 Å². The Bertz CT molecular complexity index is 190. The van der Waals surface area contributed by atoms with Gasteiger partial charge < -0.3 is 9.84 Å². The molecule has 2 nitrogen and oxygen atoms in total. The summed E-state index contributed by atoms with van der Waals surface area (Å²) in [7, 11) is 0. The lowest BCUT2D eigenvalue weighted by Crippen LogP contribution is -2.62. The van der Waals surface area contributed by atoms with Gasteiger partial charge in [-0.25, -0.2) is 0 Å². The molecule has 2 aliphatic rings. The topological polar surface area (TPSA) is 29.5 Å². The van der Waals surface area contributed by atoms with Crippen molar-refractivity contribution in [3.63, 3.8) is 0 Å². The minimum Gasteiger partial charge on any atom is -0.390 e. The highest BCUT2D eigenvalue weighted by Crippen LogP contribution is 2.48. The van der Waals surface area contributed by atoms with Crippen molar-refractivity contribution >= 4 is 0 Å². The van der Waals surface area contributed by atoms with Gasteiger partial charge in [0.15, 0.2) is 0 Å². The Balaban J connectivity index is 2.04. The van der Waals surface area contributed by atoms with Crippen molar-refractivity contribution in [3.8, 4) is 0 Å². The van der Waals surface area contributed by atoms with Crippen LogP contribution < -0.4 is 0 Å². The van der Waals surface area contributed by atoms with Crippen LogP contribution in [0.25, 0.3) is 0 Å². The van der Waals surface area contributed by atoms with Crippen LogP contribution in [-0.2, 0) is 4.74 Å². The van der Waals surface area contributed by atoms with Crippen LogP contribution in [0, 0.1) is 0 Å². The third-order valence-electron chi connectivity index (χ3n) is 3.39. The highest BCUT2D eigenvalue weighted by Gasteiger charge is 2.54. The summed E-state index contributed by atoms with van der Waals surface area (Å²) < 4.78 is 5.90. The molecule has 0 amide bonds. The van der Waals surface area contributed by atoms with Gasteiger partial charge in [-0.1, -0.05) is 19.3 Å². The van der Waals surface area contributed by atoms with E-state index in [-0.39, 0.29) is 17.3 Å². The Hall–Kier alpha value is -0.0800. The molecule has 1 heterocycles. The first-order valence-corrected chi connectivity index (χ1v) is 5.42. The highest BCUT2D eigenvalue weighted by atomic mass is 16.6.